The third-order valence-electron chi connectivity index (χ3n) is 3.52. The topological polar surface area (TPSA) is 86.0 Å². The summed E-state index contributed by atoms with van der Waals surface area (Å²) in [7, 11) is 0. The fourth-order valence-electron chi connectivity index (χ4n) is 2.17. The molecule has 0 saturated heterocycles. The van der Waals surface area contributed by atoms with Crippen LogP contribution in [0.5, 0.6) is 0 Å². The van der Waals surface area contributed by atoms with Gasteiger partial charge in [-0.25, -0.2) is 4.79 Å². The van der Waals surface area contributed by atoms with Crippen molar-refractivity contribution in [2.75, 3.05) is 0 Å². The maximum Gasteiger partial charge on any atom is 0.332 e. The molecule has 0 saturated carbocycles. The first-order valence-corrected chi connectivity index (χ1v) is 8.20. The first-order valence-electron chi connectivity index (χ1n) is 7.36. The van der Waals surface area contributed by atoms with Crippen molar-refractivity contribution in [1.29, 1.82) is 0 Å². The molecule has 7 nitrogen and oxygen atoms in total. The first kappa shape index (κ1) is 16.4. The molecule has 0 aliphatic carbocycles. The van der Waals surface area contributed by atoms with E-state index < -0.39 is 5.69 Å². The second kappa shape index (κ2) is 6.87. The Balaban J connectivity index is 2.49. The Kier molecular flexibility index (Phi) is 5.12. The van der Waals surface area contributed by atoms with E-state index in [1.807, 2.05) is 20.8 Å². The van der Waals surface area contributed by atoms with Crippen LogP contribution in [0.2, 0.25) is 0 Å². The van der Waals surface area contributed by atoms with Crippen molar-refractivity contribution in [3.63, 3.8) is 0 Å². The molecule has 22 heavy (non-hydrogen) atoms. The SMILES string of the molecule is CCCn1c(=O)c2nscc2n(CC(=O)N[C@@H](C)CC)c1=O. The highest BCUT2D eigenvalue weighted by molar-refractivity contribution is 7.04. The van der Waals surface area contributed by atoms with Gasteiger partial charge in [-0.2, -0.15) is 4.37 Å². The number of amides is 1. The molecule has 2 aromatic rings. The lowest BCUT2D eigenvalue weighted by Crippen LogP contribution is -2.43. The molecule has 0 aliphatic rings. The number of nitrogens with one attached hydrogen (secondary N) is 1. The van der Waals surface area contributed by atoms with Crippen LogP contribution < -0.4 is 16.6 Å². The zero-order valence-corrected chi connectivity index (χ0v) is 13.8. The summed E-state index contributed by atoms with van der Waals surface area (Å²) < 4.78 is 6.54. The quantitative estimate of drug-likeness (QED) is 0.857. The minimum absolute atomic E-state index is 0.0424. The van der Waals surface area contributed by atoms with Gasteiger partial charge in [-0.05, 0) is 31.3 Å². The molecular weight excluding hydrogens is 304 g/mol. The first-order chi connectivity index (χ1) is 10.5. The molecule has 0 spiro atoms. The summed E-state index contributed by atoms with van der Waals surface area (Å²) in [5.41, 5.74) is -0.179. The minimum Gasteiger partial charge on any atom is -0.352 e. The van der Waals surface area contributed by atoms with Crippen molar-refractivity contribution >= 4 is 28.5 Å². The molecule has 1 amide bonds. The fourth-order valence-corrected chi connectivity index (χ4v) is 2.84. The van der Waals surface area contributed by atoms with Crippen LogP contribution in [0.1, 0.15) is 33.6 Å². The molecule has 0 bridgehead atoms. The molecule has 2 heterocycles. The Morgan fingerprint density at radius 3 is 2.73 bits per heavy atom. The average Bonchev–Trinajstić information content (AvgIpc) is 2.97. The monoisotopic (exact) mass is 324 g/mol. The van der Waals surface area contributed by atoms with Gasteiger partial charge in [-0.1, -0.05) is 13.8 Å². The van der Waals surface area contributed by atoms with Gasteiger partial charge in [-0.3, -0.25) is 18.7 Å². The predicted molar refractivity (Wildman–Crippen MR) is 86.3 cm³/mol. The third-order valence-corrected chi connectivity index (χ3v) is 4.14. The van der Waals surface area contributed by atoms with Gasteiger partial charge in [0.2, 0.25) is 5.91 Å². The van der Waals surface area contributed by atoms with Gasteiger partial charge < -0.3 is 5.32 Å². The van der Waals surface area contributed by atoms with E-state index in [-0.39, 0.29) is 29.6 Å². The van der Waals surface area contributed by atoms with E-state index in [1.165, 1.54) is 4.57 Å². The number of nitrogens with zero attached hydrogens (tertiary/aromatic N) is 3. The lowest BCUT2D eigenvalue weighted by Gasteiger charge is -2.14. The molecule has 0 radical (unpaired) electrons. The van der Waals surface area contributed by atoms with Gasteiger partial charge in [-0.15, -0.1) is 0 Å². The summed E-state index contributed by atoms with van der Waals surface area (Å²) in [6, 6.07) is 0.0424. The number of hydrogen-bond donors (Lipinski definition) is 1. The summed E-state index contributed by atoms with van der Waals surface area (Å²) in [6.45, 7) is 5.97. The zero-order valence-electron chi connectivity index (χ0n) is 13.0. The van der Waals surface area contributed by atoms with Crippen molar-refractivity contribution in [3.8, 4) is 0 Å². The van der Waals surface area contributed by atoms with Crippen molar-refractivity contribution in [3.05, 3.63) is 26.2 Å². The smallest absolute Gasteiger partial charge is 0.332 e. The van der Waals surface area contributed by atoms with Gasteiger partial charge in [0.05, 0.1) is 5.52 Å². The highest BCUT2D eigenvalue weighted by Crippen LogP contribution is 2.09. The maximum absolute atomic E-state index is 12.5. The van der Waals surface area contributed by atoms with Crippen molar-refractivity contribution in [2.45, 2.75) is 52.7 Å². The fraction of sp³-hybridized carbons (Fsp3) is 0.571. The van der Waals surface area contributed by atoms with Crippen molar-refractivity contribution < 1.29 is 4.79 Å². The molecular formula is C14H20N4O3S. The second-order valence-corrected chi connectivity index (χ2v) is 5.88. The summed E-state index contributed by atoms with van der Waals surface area (Å²) in [6.07, 6.45) is 1.47. The van der Waals surface area contributed by atoms with Crippen molar-refractivity contribution in [1.82, 2.24) is 18.8 Å². The Morgan fingerprint density at radius 2 is 2.09 bits per heavy atom. The maximum atomic E-state index is 12.5. The second-order valence-electron chi connectivity index (χ2n) is 5.25. The van der Waals surface area contributed by atoms with E-state index in [4.69, 9.17) is 0 Å². The van der Waals surface area contributed by atoms with E-state index in [2.05, 4.69) is 9.69 Å². The lowest BCUT2D eigenvalue weighted by atomic mass is 10.2. The van der Waals surface area contributed by atoms with E-state index in [1.54, 1.807) is 5.38 Å². The highest BCUT2D eigenvalue weighted by Gasteiger charge is 2.17. The lowest BCUT2D eigenvalue weighted by molar-refractivity contribution is -0.122. The van der Waals surface area contributed by atoms with E-state index in [0.29, 0.717) is 18.5 Å². The summed E-state index contributed by atoms with van der Waals surface area (Å²) in [5, 5.41) is 4.46. The van der Waals surface area contributed by atoms with Gasteiger partial charge in [0, 0.05) is 18.0 Å². The Labute approximate surface area is 131 Å². The van der Waals surface area contributed by atoms with E-state index in [9.17, 15) is 14.4 Å². The predicted octanol–water partition coefficient (Wildman–Crippen LogP) is 0.944. The van der Waals surface area contributed by atoms with E-state index in [0.717, 1.165) is 22.5 Å². The standard InChI is InChI=1S/C14H20N4O3S/c1-4-6-17-13(20)12-10(8-22-16-12)18(14(17)21)7-11(19)15-9(3)5-2/h8-9H,4-7H2,1-3H3,(H,15,19)/t9-/m0/s1. The number of fused-ring (bicyclic) bond motifs is 1. The average molecular weight is 324 g/mol. The molecule has 1 atom stereocenters. The summed E-state index contributed by atoms with van der Waals surface area (Å²) in [5.74, 6) is -0.245. The highest BCUT2D eigenvalue weighted by atomic mass is 32.1. The van der Waals surface area contributed by atoms with Crippen LogP contribution in [0.3, 0.4) is 0 Å². The minimum atomic E-state index is -0.459. The number of rotatable bonds is 6. The molecule has 1 N–H and O–H groups in total. The molecule has 120 valence electrons. The van der Waals surface area contributed by atoms with Crippen LogP contribution in [-0.4, -0.2) is 25.5 Å². The van der Waals surface area contributed by atoms with Crippen LogP contribution >= 0.6 is 11.5 Å². The molecule has 0 aliphatic heterocycles. The van der Waals surface area contributed by atoms with Crippen LogP contribution in [-0.2, 0) is 17.9 Å². The number of aromatic nitrogens is 3. The Hall–Kier alpha value is -1.96. The van der Waals surface area contributed by atoms with Gasteiger partial charge in [0.1, 0.15) is 6.54 Å². The molecule has 2 rings (SSSR count). The Bertz CT molecular complexity index is 789. The number of carbonyl (C=O) groups excluding carboxylic acids is 1. The summed E-state index contributed by atoms with van der Waals surface area (Å²) in [4.78, 5) is 36.8. The van der Waals surface area contributed by atoms with Gasteiger partial charge in [0.15, 0.2) is 5.52 Å². The summed E-state index contributed by atoms with van der Waals surface area (Å²) >= 11 is 1.11. The normalized spacial score (nSPS) is 12.5. The van der Waals surface area contributed by atoms with Gasteiger partial charge >= 0.3 is 5.69 Å². The van der Waals surface area contributed by atoms with Crippen molar-refractivity contribution in [2.24, 2.45) is 0 Å². The zero-order chi connectivity index (χ0) is 16.3. The van der Waals surface area contributed by atoms with Crippen LogP contribution in [0.4, 0.5) is 0 Å². The van der Waals surface area contributed by atoms with Gasteiger partial charge in [0.25, 0.3) is 5.56 Å². The molecule has 0 fully saturated rings. The molecule has 0 aromatic carbocycles. The molecule has 0 unspecified atom stereocenters. The largest absolute Gasteiger partial charge is 0.352 e. The number of carbonyl (C=O) groups is 1. The number of hydrogen-bond acceptors (Lipinski definition) is 5. The Morgan fingerprint density at radius 1 is 1.36 bits per heavy atom. The van der Waals surface area contributed by atoms with Crippen LogP contribution in [0, 0.1) is 0 Å². The van der Waals surface area contributed by atoms with E-state index >= 15 is 0 Å². The molecule has 8 heteroatoms. The molecule has 2 aromatic heterocycles. The van der Waals surface area contributed by atoms with Crippen LogP contribution in [0.15, 0.2) is 15.0 Å². The third kappa shape index (κ3) is 3.11. The van der Waals surface area contributed by atoms with Crippen LogP contribution in [0.25, 0.3) is 11.0 Å².